The van der Waals surface area contributed by atoms with Crippen molar-refractivity contribution in [1.29, 1.82) is 0 Å². The molecule has 1 aliphatic heterocycles. The van der Waals surface area contributed by atoms with Crippen LogP contribution in [-0.2, 0) is 0 Å². The van der Waals surface area contributed by atoms with Crippen molar-refractivity contribution < 1.29 is 0 Å². The number of likely N-dealkylation sites (tertiary alicyclic amines) is 1. The lowest BCUT2D eigenvalue weighted by Gasteiger charge is -2.26. The molecule has 0 aliphatic carbocycles. The fraction of sp³-hybridized carbons (Fsp3) is 0.875. The van der Waals surface area contributed by atoms with E-state index in [9.17, 15) is 0 Å². The van der Waals surface area contributed by atoms with Crippen molar-refractivity contribution in [2.45, 2.75) is 70.6 Å². The molecule has 1 heterocycles. The largest absolute Gasteiger partial charge is 0.303 e. The lowest BCUT2D eigenvalue weighted by Crippen LogP contribution is -2.30. The first kappa shape index (κ1) is 14.8. The molecule has 1 heteroatoms. The summed E-state index contributed by atoms with van der Waals surface area (Å²) in [6.07, 6.45) is 17.5. The Hall–Kier alpha value is -0.300. The SMILES string of the molecule is C=CCCCCCCCCCN1CCCCC1. The molecular formula is C16H31N. The Morgan fingerprint density at radius 3 is 2.00 bits per heavy atom. The minimum absolute atomic E-state index is 1.20. The summed E-state index contributed by atoms with van der Waals surface area (Å²) in [5.41, 5.74) is 0. The van der Waals surface area contributed by atoms with Crippen molar-refractivity contribution in [3.8, 4) is 0 Å². The summed E-state index contributed by atoms with van der Waals surface area (Å²) in [5, 5.41) is 0. The second kappa shape index (κ2) is 10.8. The number of nitrogens with zero attached hydrogens (tertiary/aromatic N) is 1. The summed E-state index contributed by atoms with van der Waals surface area (Å²) >= 11 is 0. The van der Waals surface area contributed by atoms with Crippen LogP contribution in [0.1, 0.15) is 70.6 Å². The lowest BCUT2D eigenvalue weighted by molar-refractivity contribution is 0.224. The van der Waals surface area contributed by atoms with Crippen molar-refractivity contribution in [2.75, 3.05) is 19.6 Å². The Morgan fingerprint density at radius 2 is 1.35 bits per heavy atom. The van der Waals surface area contributed by atoms with E-state index in [4.69, 9.17) is 0 Å². The van der Waals surface area contributed by atoms with E-state index in [-0.39, 0.29) is 0 Å². The Labute approximate surface area is 108 Å². The van der Waals surface area contributed by atoms with Gasteiger partial charge in [0.2, 0.25) is 0 Å². The number of allylic oxidation sites excluding steroid dienone is 1. The molecule has 0 spiro atoms. The molecule has 0 atom stereocenters. The molecule has 0 bridgehead atoms. The van der Waals surface area contributed by atoms with E-state index in [2.05, 4.69) is 11.5 Å². The Balaban J connectivity index is 1.76. The molecule has 0 aromatic rings. The van der Waals surface area contributed by atoms with Gasteiger partial charge in [-0.1, -0.05) is 44.6 Å². The third kappa shape index (κ3) is 8.43. The van der Waals surface area contributed by atoms with Gasteiger partial charge in [-0.05, 0) is 51.7 Å². The van der Waals surface area contributed by atoms with Gasteiger partial charge in [-0.25, -0.2) is 0 Å². The van der Waals surface area contributed by atoms with E-state index in [1.165, 1.54) is 90.3 Å². The van der Waals surface area contributed by atoms with Gasteiger partial charge in [0.25, 0.3) is 0 Å². The molecule has 0 radical (unpaired) electrons. The van der Waals surface area contributed by atoms with Crippen LogP contribution in [0.4, 0.5) is 0 Å². The molecule has 1 nitrogen and oxygen atoms in total. The van der Waals surface area contributed by atoms with Gasteiger partial charge in [0.15, 0.2) is 0 Å². The number of hydrogen-bond donors (Lipinski definition) is 0. The summed E-state index contributed by atoms with van der Waals surface area (Å²) in [6, 6.07) is 0. The maximum absolute atomic E-state index is 3.76. The molecule has 0 saturated carbocycles. The third-order valence-electron chi connectivity index (χ3n) is 3.83. The molecule has 0 unspecified atom stereocenters. The van der Waals surface area contributed by atoms with Crippen molar-refractivity contribution in [2.24, 2.45) is 0 Å². The molecule has 17 heavy (non-hydrogen) atoms. The quantitative estimate of drug-likeness (QED) is 0.390. The molecule has 0 aromatic carbocycles. The second-order valence-corrected chi connectivity index (χ2v) is 5.45. The first-order valence-electron chi connectivity index (χ1n) is 7.77. The molecule has 0 aromatic heterocycles. The van der Waals surface area contributed by atoms with Crippen LogP contribution in [-0.4, -0.2) is 24.5 Å². The van der Waals surface area contributed by atoms with Crippen LogP contribution in [0.15, 0.2) is 12.7 Å². The van der Waals surface area contributed by atoms with Gasteiger partial charge >= 0.3 is 0 Å². The highest BCUT2D eigenvalue weighted by Crippen LogP contribution is 2.12. The normalized spacial score (nSPS) is 17.2. The smallest absolute Gasteiger partial charge is 0.00187 e. The number of hydrogen-bond acceptors (Lipinski definition) is 1. The van der Waals surface area contributed by atoms with E-state index in [0.29, 0.717) is 0 Å². The zero-order chi connectivity index (χ0) is 12.2. The average Bonchev–Trinajstić information content (AvgIpc) is 2.38. The second-order valence-electron chi connectivity index (χ2n) is 5.45. The van der Waals surface area contributed by atoms with Crippen LogP contribution in [0.2, 0.25) is 0 Å². The summed E-state index contributed by atoms with van der Waals surface area (Å²) in [4.78, 5) is 2.66. The van der Waals surface area contributed by atoms with E-state index >= 15 is 0 Å². The van der Waals surface area contributed by atoms with Crippen LogP contribution < -0.4 is 0 Å². The van der Waals surface area contributed by atoms with Gasteiger partial charge < -0.3 is 4.90 Å². The first-order chi connectivity index (χ1) is 8.43. The molecule has 0 N–H and O–H groups in total. The summed E-state index contributed by atoms with van der Waals surface area (Å²) < 4.78 is 0. The zero-order valence-electron chi connectivity index (χ0n) is 11.6. The van der Waals surface area contributed by atoms with Crippen LogP contribution >= 0.6 is 0 Å². The van der Waals surface area contributed by atoms with Crippen molar-refractivity contribution in [3.63, 3.8) is 0 Å². The Morgan fingerprint density at radius 1 is 0.765 bits per heavy atom. The average molecular weight is 237 g/mol. The maximum atomic E-state index is 3.76. The minimum atomic E-state index is 1.20. The lowest BCUT2D eigenvalue weighted by atomic mass is 10.1. The predicted octanol–water partition coefficient (Wildman–Crippen LogP) is 4.78. The highest BCUT2D eigenvalue weighted by atomic mass is 15.1. The topological polar surface area (TPSA) is 3.24 Å². The van der Waals surface area contributed by atoms with Gasteiger partial charge in [0.1, 0.15) is 0 Å². The van der Waals surface area contributed by atoms with Crippen molar-refractivity contribution in [1.82, 2.24) is 4.90 Å². The van der Waals surface area contributed by atoms with E-state index in [1.807, 2.05) is 6.08 Å². The van der Waals surface area contributed by atoms with E-state index < -0.39 is 0 Å². The molecular weight excluding hydrogens is 206 g/mol. The van der Waals surface area contributed by atoms with Crippen LogP contribution in [0, 0.1) is 0 Å². The summed E-state index contributed by atoms with van der Waals surface area (Å²) in [5.74, 6) is 0. The van der Waals surface area contributed by atoms with Crippen LogP contribution in [0.25, 0.3) is 0 Å². The van der Waals surface area contributed by atoms with Gasteiger partial charge in [-0.3, -0.25) is 0 Å². The van der Waals surface area contributed by atoms with Gasteiger partial charge in [0.05, 0.1) is 0 Å². The molecule has 1 aliphatic rings. The van der Waals surface area contributed by atoms with Gasteiger partial charge in [0, 0.05) is 0 Å². The van der Waals surface area contributed by atoms with Crippen LogP contribution in [0.5, 0.6) is 0 Å². The van der Waals surface area contributed by atoms with E-state index in [1.54, 1.807) is 0 Å². The Bertz CT molecular complexity index is 170. The summed E-state index contributed by atoms with van der Waals surface area (Å²) in [7, 11) is 0. The number of rotatable bonds is 10. The fourth-order valence-electron chi connectivity index (χ4n) is 2.69. The molecule has 1 rings (SSSR count). The molecule has 1 fully saturated rings. The minimum Gasteiger partial charge on any atom is -0.303 e. The van der Waals surface area contributed by atoms with Crippen molar-refractivity contribution in [3.05, 3.63) is 12.7 Å². The fourth-order valence-corrected chi connectivity index (χ4v) is 2.69. The highest BCUT2D eigenvalue weighted by Gasteiger charge is 2.08. The predicted molar refractivity (Wildman–Crippen MR) is 77.4 cm³/mol. The number of piperidine rings is 1. The zero-order valence-corrected chi connectivity index (χ0v) is 11.6. The molecule has 0 amide bonds. The highest BCUT2D eigenvalue weighted by molar-refractivity contribution is 4.66. The number of unbranched alkanes of at least 4 members (excludes halogenated alkanes) is 7. The molecule has 100 valence electrons. The van der Waals surface area contributed by atoms with Gasteiger partial charge in [-0.15, -0.1) is 6.58 Å². The third-order valence-corrected chi connectivity index (χ3v) is 3.83. The standard InChI is InChI=1S/C16H31N/c1-2-3-4-5-6-7-8-9-11-14-17-15-12-10-13-16-17/h2H,1,3-16H2. The monoisotopic (exact) mass is 237 g/mol. The molecule has 1 saturated heterocycles. The van der Waals surface area contributed by atoms with Gasteiger partial charge in [-0.2, -0.15) is 0 Å². The van der Waals surface area contributed by atoms with E-state index in [0.717, 1.165) is 0 Å². The first-order valence-corrected chi connectivity index (χ1v) is 7.77. The van der Waals surface area contributed by atoms with Crippen molar-refractivity contribution >= 4 is 0 Å². The summed E-state index contributed by atoms with van der Waals surface area (Å²) in [6.45, 7) is 7.84. The Kier molecular flexibility index (Phi) is 9.40. The maximum Gasteiger partial charge on any atom is -0.00187 e. The van der Waals surface area contributed by atoms with Crippen LogP contribution in [0.3, 0.4) is 0 Å².